The fraction of sp³-hybridized carbons (Fsp3) is 0.762. The molecule has 0 atom stereocenters. The maximum absolute atomic E-state index is 10.2. The van der Waals surface area contributed by atoms with Gasteiger partial charge in [0.1, 0.15) is 0 Å². The van der Waals surface area contributed by atoms with Crippen molar-refractivity contribution >= 4 is 5.97 Å². The quantitative estimate of drug-likeness (QED) is 0.270. The molecule has 0 saturated carbocycles. The van der Waals surface area contributed by atoms with E-state index < -0.39 is 5.97 Å². The summed E-state index contributed by atoms with van der Waals surface area (Å²) in [6.45, 7) is 2.26. The third-order valence-electron chi connectivity index (χ3n) is 3.83. The molecule has 0 aliphatic heterocycles. The van der Waals surface area contributed by atoms with Crippen LogP contribution in [0, 0.1) is 23.7 Å². The van der Waals surface area contributed by atoms with Crippen LogP contribution in [-0.2, 0) is 4.79 Å². The van der Waals surface area contributed by atoms with Crippen molar-refractivity contribution in [3.05, 3.63) is 0 Å². The van der Waals surface area contributed by atoms with Crippen LogP contribution in [-0.4, -0.2) is 5.97 Å². The second-order valence-electron chi connectivity index (χ2n) is 6.11. The summed E-state index contributed by atoms with van der Waals surface area (Å²) in [6, 6.07) is 0. The third kappa shape index (κ3) is 24.5. The number of carboxylic acid groups (broad SMARTS) is 1. The van der Waals surface area contributed by atoms with E-state index in [9.17, 15) is 9.90 Å². The molecule has 0 amide bonds. The molecule has 130 valence electrons. The Kier molecular flexibility index (Phi) is 25.6. The normalized spacial score (nSPS) is 9.21. The van der Waals surface area contributed by atoms with Gasteiger partial charge in [-0.25, -0.2) is 0 Å². The Labute approximate surface area is 192 Å². The molecule has 0 rings (SSSR count). The molecular weight excluding hydrogens is 323 g/mol. The summed E-state index contributed by atoms with van der Waals surface area (Å²) in [5, 5.41) is 10.2. The van der Waals surface area contributed by atoms with E-state index in [1.54, 1.807) is 0 Å². The van der Waals surface area contributed by atoms with Crippen molar-refractivity contribution in [2.45, 2.75) is 103 Å². The van der Waals surface area contributed by atoms with Crippen LogP contribution in [0.4, 0.5) is 0 Å². The molecule has 0 aromatic carbocycles. The van der Waals surface area contributed by atoms with Crippen molar-refractivity contribution in [1.29, 1.82) is 0 Å². The zero-order chi connectivity index (χ0) is 17.0. The fourth-order valence-electron chi connectivity index (χ4n) is 2.40. The number of unbranched alkanes of at least 4 members (excludes halogenated alkanes) is 12. The minimum atomic E-state index is -0.978. The molecule has 0 heterocycles. The number of hydrogen-bond donors (Lipinski definition) is 0. The summed E-state index contributed by atoms with van der Waals surface area (Å²) >= 11 is 0. The van der Waals surface area contributed by atoms with Crippen molar-refractivity contribution in [3.63, 3.8) is 0 Å². The van der Waals surface area contributed by atoms with Gasteiger partial charge in [0.05, 0.1) is 0 Å². The van der Waals surface area contributed by atoms with Crippen LogP contribution in [0.1, 0.15) is 103 Å². The first-order valence-electron chi connectivity index (χ1n) is 9.43. The van der Waals surface area contributed by atoms with Crippen LogP contribution in [0.15, 0.2) is 0 Å². The van der Waals surface area contributed by atoms with Gasteiger partial charge in [0.15, 0.2) is 0 Å². The Hall–Kier alpha value is 0.226. The van der Waals surface area contributed by atoms with E-state index in [-0.39, 0.29) is 57.8 Å². The Morgan fingerprint density at radius 3 is 1.58 bits per heavy atom. The molecule has 0 aromatic rings. The molecule has 2 nitrogen and oxygen atoms in total. The zero-order valence-corrected chi connectivity index (χ0v) is 19.0. The average Bonchev–Trinajstić information content (AvgIpc) is 2.53. The van der Waals surface area contributed by atoms with Crippen LogP contribution >= 0.6 is 0 Å². The van der Waals surface area contributed by atoms with Gasteiger partial charge in [0, 0.05) is 18.8 Å². The molecule has 24 heavy (non-hydrogen) atoms. The van der Waals surface area contributed by atoms with Crippen LogP contribution in [0.5, 0.6) is 0 Å². The Bertz CT molecular complexity index is 396. The predicted molar refractivity (Wildman–Crippen MR) is 95.5 cm³/mol. The minimum Gasteiger partial charge on any atom is -0.550 e. The molecule has 0 radical (unpaired) electrons. The smallest absolute Gasteiger partial charge is 0.550 e. The molecule has 0 fully saturated rings. The van der Waals surface area contributed by atoms with E-state index in [2.05, 4.69) is 30.6 Å². The maximum atomic E-state index is 10.2. The number of rotatable bonds is 14. The Morgan fingerprint density at radius 1 is 0.708 bits per heavy atom. The van der Waals surface area contributed by atoms with E-state index in [1.807, 2.05) is 0 Å². The molecule has 0 N–H and O–H groups in total. The summed E-state index contributed by atoms with van der Waals surface area (Å²) < 4.78 is 0. The van der Waals surface area contributed by atoms with Gasteiger partial charge in [-0.05, 0) is 37.5 Å². The first kappa shape index (κ1) is 26.5. The second kappa shape index (κ2) is 23.2. The number of hydrogen-bond acceptors (Lipinski definition) is 2. The van der Waals surface area contributed by atoms with Crippen molar-refractivity contribution in [1.82, 2.24) is 0 Å². The number of carbonyl (C=O) groups excluding carboxylic acids is 1. The zero-order valence-electron chi connectivity index (χ0n) is 15.9. The van der Waals surface area contributed by atoms with Crippen LogP contribution in [0.3, 0.4) is 0 Å². The van der Waals surface area contributed by atoms with E-state index in [1.165, 1.54) is 64.2 Å². The summed E-state index contributed by atoms with van der Waals surface area (Å²) in [7, 11) is 0. The largest absolute Gasteiger partial charge is 1.00 e. The van der Waals surface area contributed by atoms with Crippen molar-refractivity contribution < 1.29 is 61.3 Å². The molecule has 0 aliphatic carbocycles. The van der Waals surface area contributed by atoms with Crippen LogP contribution in [0.2, 0.25) is 0 Å². The first-order chi connectivity index (χ1) is 11.3. The van der Waals surface area contributed by atoms with Gasteiger partial charge < -0.3 is 9.90 Å². The summed E-state index contributed by atoms with van der Waals surface area (Å²) in [4.78, 5) is 10.2. The van der Waals surface area contributed by atoms with Crippen LogP contribution in [0.25, 0.3) is 0 Å². The molecule has 0 bridgehead atoms. The molecule has 0 saturated heterocycles. The van der Waals surface area contributed by atoms with Gasteiger partial charge in [-0.15, -0.1) is 0 Å². The molecule has 0 spiro atoms. The van der Waals surface area contributed by atoms with Gasteiger partial charge in [0.25, 0.3) is 0 Å². The van der Waals surface area contributed by atoms with Crippen molar-refractivity contribution in [3.8, 4) is 23.7 Å². The second-order valence-corrected chi connectivity index (χ2v) is 6.11. The topological polar surface area (TPSA) is 40.1 Å². The van der Waals surface area contributed by atoms with E-state index in [0.29, 0.717) is 6.42 Å². The molecule has 0 unspecified atom stereocenters. The summed E-state index contributed by atoms with van der Waals surface area (Å²) in [6.07, 6.45) is 16.7. The summed E-state index contributed by atoms with van der Waals surface area (Å²) in [5.41, 5.74) is 0. The molecule has 0 aromatic heterocycles. The number of carboxylic acids is 1. The van der Waals surface area contributed by atoms with Gasteiger partial charge in [-0.3, -0.25) is 0 Å². The average molecular weight is 357 g/mol. The van der Waals surface area contributed by atoms with Crippen LogP contribution < -0.4 is 56.5 Å². The standard InChI is InChI=1S/C21H34O2.K/c1-2-3-4-5-6-7-8-9-10-11-12-13-14-15-16-17-18-19-20-21(22)23;/h2-12,17-20H2,1H3,(H,22,23);/q;+1/p-1. The SMILES string of the molecule is CCCCCCCCCCCCC#CC#CCCCCC(=O)[O-].[K+]. The minimum absolute atomic E-state index is 0. The van der Waals surface area contributed by atoms with E-state index in [0.717, 1.165) is 19.3 Å². The van der Waals surface area contributed by atoms with Crippen molar-refractivity contribution in [2.75, 3.05) is 0 Å². The first-order valence-corrected chi connectivity index (χ1v) is 9.43. The van der Waals surface area contributed by atoms with E-state index in [4.69, 9.17) is 0 Å². The number of aliphatic carboxylic acids is 1. The molecular formula is C21H33KO2. The Balaban J connectivity index is 0. The van der Waals surface area contributed by atoms with Gasteiger partial charge in [-0.2, -0.15) is 0 Å². The maximum Gasteiger partial charge on any atom is 1.00 e. The van der Waals surface area contributed by atoms with Gasteiger partial charge >= 0.3 is 51.4 Å². The third-order valence-corrected chi connectivity index (χ3v) is 3.83. The fourth-order valence-corrected chi connectivity index (χ4v) is 2.40. The van der Waals surface area contributed by atoms with Crippen molar-refractivity contribution in [2.24, 2.45) is 0 Å². The van der Waals surface area contributed by atoms with Gasteiger partial charge in [0.2, 0.25) is 0 Å². The predicted octanol–water partition coefficient (Wildman–Crippen LogP) is 1.62. The van der Waals surface area contributed by atoms with E-state index >= 15 is 0 Å². The monoisotopic (exact) mass is 356 g/mol. The Morgan fingerprint density at radius 2 is 1.12 bits per heavy atom. The molecule has 0 aliphatic rings. The number of carbonyl (C=O) groups is 1. The molecule has 3 heteroatoms. The van der Waals surface area contributed by atoms with Gasteiger partial charge in [-0.1, -0.05) is 76.6 Å². The summed E-state index contributed by atoms with van der Waals surface area (Å²) in [5.74, 6) is 10.8.